The van der Waals surface area contributed by atoms with E-state index < -0.39 is 5.60 Å². The maximum atomic E-state index is 10.5. The van der Waals surface area contributed by atoms with Crippen LogP contribution in [0.1, 0.15) is 56.1 Å². The normalized spacial score (nSPS) is 30.3. The van der Waals surface area contributed by atoms with Gasteiger partial charge in [0.05, 0.1) is 16.8 Å². The minimum Gasteiger partial charge on any atom is -0.389 e. The molecular weight excluding hydrogens is 244 g/mol. The number of nitrogens with zero attached hydrogens (tertiary/aromatic N) is 1. The summed E-state index contributed by atoms with van der Waals surface area (Å²) in [4.78, 5) is 5.56. The number of rotatable bonds is 4. The third-order valence-corrected chi connectivity index (χ3v) is 5.23. The van der Waals surface area contributed by atoms with Crippen LogP contribution < -0.4 is 5.32 Å². The van der Waals surface area contributed by atoms with Gasteiger partial charge in [-0.25, -0.2) is 4.98 Å². The Morgan fingerprint density at radius 2 is 2.22 bits per heavy atom. The number of hydrogen-bond donors (Lipinski definition) is 2. The van der Waals surface area contributed by atoms with Crippen molar-refractivity contribution in [2.24, 2.45) is 5.92 Å². The zero-order chi connectivity index (χ0) is 13.2. The maximum absolute atomic E-state index is 10.5. The van der Waals surface area contributed by atoms with Crippen molar-refractivity contribution < 1.29 is 5.11 Å². The molecule has 2 rings (SSSR count). The van der Waals surface area contributed by atoms with Gasteiger partial charge in [-0.1, -0.05) is 6.92 Å². The Morgan fingerprint density at radius 1 is 1.56 bits per heavy atom. The van der Waals surface area contributed by atoms with Crippen LogP contribution in [0.15, 0.2) is 5.51 Å². The molecule has 0 aromatic carbocycles. The molecule has 1 aromatic heterocycles. The van der Waals surface area contributed by atoms with Gasteiger partial charge < -0.3 is 10.4 Å². The molecule has 1 saturated carbocycles. The van der Waals surface area contributed by atoms with Gasteiger partial charge in [-0.05, 0) is 45.4 Å². The number of thiazole rings is 1. The fraction of sp³-hybridized carbons (Fsp3) is 0.786. The van der Waals surface area contributed by atoms with Crippen molar-refractivity contribution in [2.75, 3.05) is 6.54 Å². The first kappa shape index (κ1) is 14.0. The molecule has 0 aliphatic heterocycles. The average Bonchev–Trinajstić information content (AvgIpc) is 2.77. The summed E-state index contributed by atoms with van der Waals surface area (Å²) in [6, 6.07) is 0.279. The van der Waals surface area contributed by atoms with Crippen LogP contribution in [-0.2, 0) is 0 Å². The highest BCUT2D eigenvalue weighted by Gasteiger charge is 2.32. The minimum atomic E-state index is -0.501. The van der Waals surface area contributed by atoms with Crippen LogP contribution in [0.3, 0.4) is 0 Å². The second kappa shape index (κ2) is 5.68. The van der Waals surface area contributed by atoms with E-state index in [1.54, 1.807) is 11.3 Å². The standard InChI is InChI=1S/C14H24N2OS/c1-10-4-6-14(17,7-5-10)8-15-11(2)13-12(3)16-9-18-13/h9-11,15,17H,4-8H2,1-3H3. The summed E-state index contributed by atoms with van der Waals surface area (Å²) in [5, 5.41) is 14.0. The van der Waals surface area contributed by atoms with Gasteiger partial charge in [0.2, 0.25) is 0 Å². The molecule has 0 radical (unpaired) electrons. The fourth-order valence-electron chi connectivity index (χ4n) is 2.64. The number of aromatic nitrogens is 1. The lowest BCUT2D eigenvalue weighted by atomic mass is 9.79. The van der Waals surface area contributed by atoms with Crippen molar-refractivity contribution in [3.8, 4) is 0 Å². The second-order valence-corrected chi connectivity index (χ2v) is 6.70. The van der Waals surface area contributed by atoms with Gasteiger partial charge in [-0.3, -0.25) is 0 Å². The highest BCUT2D eigenvalue weighted by Crippen LogP contribution is 2.32. The van der Waals surface area contributed by atoms with Crippen LogP contribution in [0.4, 0.5) is 0 Å². The molecule has 1 atom stereocenters. The Bertz CT molecular complexity index is 383. The number of aliphatic hydroxyl groups is 1. The highest BCUT2D eigenvalue weighted by atomic mass is 32.1. The maximum Gasteiger partial charge on any atom is 0.0798 e. The van der Waals surface area contributed by atoms with Gasteiger partial charge in [-0.15, -0.1) is 11.3 Å². The Balaban J connectivity index is 1.86. The summed E-state index contributed by atoms with van der Waals surface area (Å²) in [7, 11) is 0. The van der Waals surface area contributed by atoms with Crippen molar-refractivity contribution in [1.29, 1.82) is 0 Å². The average molecular weight is 268 g/mol. The zero-order valence-corrected chi connectivity index (χ0v) is 12.4. The summed E-state index contributed by atoms with van der Waals surface area (Å²) >= 11 is 1.69. The van der Waals surface area contributed by atoms with E-state index in [0.717, 1.165) is 37.3 Å². The molecule has 0 spiro atoms. The van der Waals surface area contributed by atoms with Crippen LogP contribution in [-0.4, -0.2) is 22.2 Å². The SMILES string of the molecule is Cc1ncsc1C(C)NCC1(O)CCC(C)CC1. The Kier molecular flexibility index (Phi) is 4.41. The molecule has 18 heavy (non-hydrogen) atoms. The Hall–Kier alpha value is -0.450. The van der Waals surface area contributed by atoms with Crippen molar-refractivity contribution in [1.82, 2.24) is 10.3 Å². The smallest absolute Gasteiger partial charge is 0.0798 e. The fourth-order valence-corrected chi connectivity index (χ4v) is 3.47. The van der Waals surface area contributed by atoms with E-state index in [1.807, 2.05) is 12.4 Å². The van der Waals surface area contributed by atoms with Crippen molar-refractivity contribution >= 4 is 11.3 Å². The largest absolute Gasteiger partial charge is 0.389 e. The van der Waals surface area contributed by atoms with Crippen LogP contribution in [0, 0.1) is 12.8 Å². The van der Waals surface area contributed by atoms with Crippen LogP contribution >= 0.6 is 11.3 Å². The van der Waals surface area contributed by atoms with Crippen LogP contribution in [0.5, 0.6) is 0 Å². The van der Waals surface area contributed by atoms with Gasteiger partial charge in [0.25, 0.3) is 0 Å². The zero-order valence-electron chi connectivity index (χ0n) is 11.6. The second-order valence-electron chi connectivity index (χ2n) is 5.81. The first-order valence-corrected chi connectivity index (χ1v) is 7.74. The molecular formula is C14H24N2OS. The van der Waals surface area contributed by atoms with E-state index in [1.165, 1.54) is 4.88 Å². The Morgan fingerprint density at radius 3 is 2.78 bits per heavy atom. The molecule has 2 N–H and O–H groups in total. The van der Waals surface area contributed by atoms with E-state index in [4.69, 9.17) is 0 Å². The van der Waals surface area contributed by atoms with Gasteiger partial charge >= 0.3 is 0 Å². The van der Waals surface area contributed by atoms with Crippen LogP contribution in [0.25, 0.3) is 0 Å². The number of nitrogens with one attached hydrogen (secondary N) is 1. The van der Waals surface area contributed by atoms with Gasteiger partial charge in [0.15, 0.2) is 0 Å². The first-order valence-electron chi connectivity index (χ1n) is 6.86. The van der Waals surface area contributed by atoms with Gasteiger partial charge in [0, 0.05) is 17.5 Å². The summed E-state index contributed by atoms with van der Waals surface area (Å²) in [5.41, 5.74) is 2.49. The predicted molar refractivity (Wildman–Crippen MR) is 75.9 cm³/mol. The Labute approximate surface area is 114 Å². The molecule has 4 heteroatoms. The molecule has 102 valence electrons. The van der Waals surface area contributed by atoms with E-state index >= 15 is 0 Å². The predicted octanol–water partition coefficient (Wildman–Crippen LogP) is 3.04. The molecule has 0 bridgehead atoms. The lowest BCUT2D eigenvalue weighted by molar-refractivity contribution is -0.00778. The number of aryl methyl sites for hydroxylation is 1. The van der Waals surface area contributed by atoms with E-state index in [-0.39, 0.29) is 6.04 Å². The van der Waals surface area contributed by atoms with Gasteiger partial charge in [0.1, 0.15) is 0 Å². The van der Waals surface area contributed by atoms with Crippen LogP contribution in [0.2, 0.25) is 0 Å². The van der Waals surface area contributed by atoms with Crippen molar-refractivity contribution in [2.45, 2.75) is 58.1 Å². The quantitative estimate of drug-likeness (QED) is 0.882. The van der Waals surface area contributed by atoms with E-state index in [9.17, 15) is 5.11 Å². The third-order valence-electron chi connectivity index (χ3n) is 4.12. The highest BCUT2D eigenvalue weighted by molar-refractivity contribution is 7.09. The monoisotopic (exact) mass is 268 g/mol. The summed E-state index contributed by atoms with van der Waals surface area (Å²) in [5.74, 6) is 0.770. The van der Waals surface area contributed by atoms with E-state index in [0.29, 0.717) is 6.54 Å². The lowest BCUT2D eigenvalue weighted by Gasteiger charge is -2.35. The molecule has 1 fully saturated rings. The van der Waals surface area contributed by atoms with Crippen molar-refractivity contribution in [3.63, 3.8) is 0 Å². The first-order chi connectivity index (χ1) is 8.50. The molecule has 1 aliphatic rings. The van der Waals surface area contributed by atoms with Crippen molar-refractivity contribution in [3.05, 3.63) is 16.1 Å². The molecule has 3 nitrogen and oxygen atoms in total. The number of hydrogen-bond acceptors (Lipinski definition) is 4. The molecule has 1 unspecified atom stereocenters. The third kappa shape index (κ3) is 3.31. The van der Waals surface area contributed by atoms with Gasteiger partial charge in [-0.2, -0.15) is 0 Å². The molecule has 0 saturated heterocycles. The van der Waals surface area contributed by atoms with E-state index in [2.05, 4.69) is 24.1 Å². The summed E-state index contributed by atoms with van der Waals surface area (Å²) in [6.07, 6.45) is 4.14. The summed E-state index contributed by atoms with van der Waals surface area (Å²) in [6.45, 7) is 7.16. The molecule has 1 heterocycles. The topological polar surface area (TPSA) is 45.2 Å². The minimum absolute atomic E-state index is 0.279. The lowest BCUT2D eigenvalue weighted by Crippen LogP contribution is -2.43. The molecule has 1 aromatic rings. The summed E-state index contributed by atoms with van der Waals surface area (Å²) < 4.78 is 0. The molecule has 1 aliphatic carbocycles. The molecule has 0 amide bonds.